The molecule has 4 nitrogen and oxygen atoms in total. The second-order valence-electron chi connectivity index (χ2n) is 4.00. The third kappa shape index (κ3) is 2.21. The predicted molar refractivity (Wildman–Crippen MR) is 60.9 cm³/mol. The number of alkyl halides is 1. The maximum Gasteiger partial charge on any atom is 0.0858 e. The van der Waals surface area contributed by atoms with E-state index >= 15 is 0 Å². The van der Waals surface area contributed by atoms with E-state index in [0.717, 1.165) is 18.8 Å². The molecule has 1 atom stereocenters. The molecule has 0 saturated carbocycles. The summed E-state index contributed by atoms with van der Waals surface area (Å²) in [6.07, 6.45) is 3.87. The van der Waals surface area contributed by atoms with Crippen molar-refractivity contribution in [3.05, 3.63) is 18.0 Å². The van der Waals surface area contributed by atoms with Crippen LogP contribution in [0.3, 0.4) is 0 Å². The summed E-state index contributed by atoms with van der Waals surface area (Å²) in [4.78, 5) is 0. The van der Waals surface area contributed by atoms with Gasteiger partial charge in [-0.15, -0.1) is 16.7 Å². The quantitative estimate of drug-likeness (QED) is 0.777. The van der Waals surface area contributed by atoms with E-state index in [4.69, 9.17) is 11.6 Å². The largest absolute Gasteiger partial charge is 0.311 e. The van der Waals surface area contributed by atoms with Crippen molar-refractivity contribution in [1.29, 1.82) is 0 Å². The summed E-state index contributed by atoms with van der Waals surface area (Å²) < 4.78 is 1.92. The summed E-state index contributed by atoms with van der Waals surface area (Å²) in [5.74, 6) is 0. The topological polar surface area (TPSA) is 42.7 Å². The van der Waals surface area contributed by atoms with E-state index in [1.807, 2.05) is 4.68 Å². The summed E-state index contributed by atoms with van der Waals surface area (Å²) in [6.45, 7) is 5.85. The molecule has 1 aliphatic rings. The molecule has 0 aliphatic carbocycles. The SMILES string of the molecule is CC(C)n1nncc1C1=CC(Cl)CNC1. The van der Waals surface area contributed by atoms with Crippen molar-refractivity contribution in [3.8, 4) is 0 Å². The van der Waals surface area contributed by atoms with Gasteiger partial charge in [0.15, 0.2) is 0 Å². The highest BCUT2D eigenvalue weighted by Gasteiger charge is 2.16. The van der Waals surface area contributed by atoms with E-state index in [9.17, 15) is 0 Å². The first kappa shape index (κ1) is 10.6. The molecule has 82 valence electrons. The number of nitrogens with zero attached hydrogens (tertiary/aromatic N) is 3. The summed E-state index contributed by atoms with van der Waals surface area (Å²) >= 11 is 6.07. The molecule has 0 fully saturated rings. The predicted octanol–water partition coefficient (Wildman–Crippen LogP) is 1.45. The van der Waals surface area contributed by atoms with Crippen LogP contribution in [0.25, 0.3) is 5.57 Å². The Morgan fingerprint density at radius 2 is 2.40 bits per heavy atom. The molecule has 0 radical (unpaired) electrons. The molecule has 2 rings (SSSR count). The zero-order valence-corrected chi connectivity index (χ0v) is 9.70. The van der Waals surface area contributed by atoms with Gasteiger partial charge in [-0.2, -0.15) is 0 Å². The monoisotopic (exact) mass is 226 g/mol. The Morgan fingerprint density at radius 1 is 1.60 bits per heavy atom. The smallest absolute Gasteiger partial charge is 0.0858 e. The Morgan fingerprint density at radius 3 is 3.07 bits per heavy atom. The molecule has 1 N–H and O–H groups in total. The molecule has 1 unspecified atom stereocenters. The first-order chi connectivity index (χ1) is 7.18. The maximum absolute atomic E-state index is 6.07. The highest BCUT2D eigenvalue weighted by molar-refractivity contribution is 6.22. The Kier molecular flexibility index (Phi) is 3.07. The van der Waals surface area contributed by atoms with Crippen molar-refractivity contribution in [2.45, 2.75) is 25.3 Å². The second kappa shape index (κ2) is 4.33. The number of rotatable bonds is 2. The van der Waals surface area contributed by atoms with Gasteiger partial charge >= 0.3 is 0 Å². The summed E-state index contributed by atoms with van der Waals surface area (Å²) in [6, 6.07) is 0.319. The van der Waals surface area contributed by atoms with Crippen molar-refractivity contribution in [2.75, 3.05) is 13.1 Å². The van der Waals surface area contributed by atoms with Crippen molar-refractivity contribution in [2.24, 2.45) is 0 Å². The van der Waals surface area contributed by atoms with Gasteiger partial charge in [0.1, 0.15) is 0 Å². The van der Waals surface area contributed by atoms with E-state index in [1.165, 1.54) is 5.57 Å². The third-order valence-electron chi connectivity index (χ3n) is 2.43. The van der Waals surface area contributed by atoms with Gasteiger partial charge in [0, 0.05) is 19.1 Å². The van der Waals surface area contributed by atoms with Crippen LogP contribution >= 0.6 is 11.6 Å². The minimum atomic E-state index is 0.0595. The van der Waals surface area contributed by atoms with Gasteiger partial charge in [-0.25, -0.2) is 4.68 Å². The lowest BCUT2D eigenvalue weighted by atomic mass is 10.1. The van der Waals surface area contributed by atoms with E-state index in [0.29, 0.717) is 6.04 Å². The van der Waals surface area contributed by atoms with Crippen LogP contribution < -0.4 is 5.32 Å². The van der Waals surface area contributed by atoms with Gasteiger partial charge in [0.2, 0.25) is 0 Å². The number of hydrogen-bond acceptors (Lipinski definition) is 3. The van der Waals surface area contributed by atoms with Gasteiger partial charge in [-0.05, 0) is 19.4 Å². The van der Waals surface area contributed by atoms with Crippen molar-refractivity contribution < 1.29 is 0 Å². The number of hydrogen-bond donors (Lipinski definition) is 1. The Bertz CT molecular complexity index is 369. The first-order valence-electron chi connectivity index (χ1n) is 5.14. The van der Waals surface area contributed by atoms with E-state index in [-0.39, 0.29) is 5.38 Å². The first-order valence-corrected chi connectivity index (χ1v) is 5.58. The lowest BCUT2D eigenvalue weighted by Crippen LogP contribution is -2.29. The number of nitrogens with one attached hydrogen (secondary N) is 1. The van der Waals surface area contributed by atoms with Gasteiger partial charge in [0.05, 0.1) is 17.3 Å². The Hall–Kier alpha value is -0.870. The highest BCUT2D eigenvalue weighted by atomic mass is 35.5. The zero-order valence-electron chi connectivity index (χ0n) is 8.94. The van der Waals surface area contributed by atoms with E-state index < -0.39 is 0 Å². The summed E-state index contributed by atoms with van der Waals surface area (Å²) in [5.41, 5.74) is 2.24. The second-order valence-corrected chi connectivity index (χ2v) is 4.56. The molecule has 1 aromatic rings. The fraction of sp³-hybridized carbons (Fsp3) is 0.600. The molecule has 0 amide bonds. The van der Waals surface area contributed by atoms with Crippen molar-refractivity contribution in [1.82, 2.24) is 20.3 Å². The van der Waals surface area contributed by atoms with Crippen LogP contribution in [0.1, 0.15) is 25.6 Å². The maximum atomic E-state index is 6.07. The molecule has 15 heavy (non-hydrogen) atoms. The Labute approximate surface area is 94.3 Å². The zero-order chi connectivity index (χ0) is 10.8. The third-order valence-corrected chi connectivity index (χ3v) is 2.71. The van der Waals surface area contributed by atoms with Crippen LogP contribution in [-0.4, -0.2) is 33.5 Å². The lowest BCUT2D eigenvalue weighted by molar-refractivity contribution is 0.507. The molecule has 1 aliphatic heterocycles. The summed E-state index contributed by atoms with van der Waals surface area (Å²) in [5, 5.41) is 11.3. The van der Waals surface area contributed by atoms with Crippen LogP contribution in [0.2, 0.25) is 0 Å². The van der Waals surface area contributed by atoms with Crippen molar-refractivity contribution >= 4 is 17.2 Å². The van der Waals surface area contributed by atoms with Crippen LogP contribution in [0.15, 0.2) is 12.3 Å². The van der Waals surface area contributed by atoms with Crippen molar-refractivity contribution in [3.63, 3.8) is 0 Å². The number of aromatic nitrogens is 3. The summed E-state index contributed by atoms with van der Waals surface area (Å²) in [7, 11) is 0. The van der Waals surface area contributed by atoms with Crippen LogP contribution in [0.4, 0.5) is 0 Å². The van der Waals surface area contributed by atoms with Crippen LogP contribution in [-0.2, 0) is 0 Å². The molecular formula is C10H15ClN4. The lowest BCUT2D eigenvalue weighted by Gasteiger charge is -2.19. The van der Waals surface area contributed by atoms with Gasteiger partial charge < -0.3 is 5.32 Å². The molecule has 0 aromatic carbocycles. The average Bonchev–Trinajstić information content (AvgIpc) is 2.65. The van der Waals surface area contributed by atoms with Crippen LogP contribution in [0.5, 0.6) is 0 Å². The molecular weight excluding hydrogens is 212 g/mol. The van der Waals surface area contributed by atoms with Gasteiger partial charge in [0.25, 0.3) is 0 Å². The molecule has 2 heterocycles. The standard InChI is InChI=1S/C10H15ClN4/c1-7(2)15-10(6-13-14-15)8-3-9(11)5-12-4-8/h3,6-7,9,12H,4-5H2,1-2H3. The minimum absolute atomic E-state index is 0.0595. The van der Waals surface area contributed by atoms with Gasteiger partial charge in [-0.3, -0.25) is 0 Å². The van der Waals surface area contributed by atoms with Crippen LogP contribution in [0, 0.1) is 0 Å². The molecule has 0 saturated heterocycles. The normalized spacial score (nSPS) is 21.9. The molecule has 1 aromatic heterocycles. The molecule has 0 spiro atoms. The van der Waals surface area contributed by atoms with E-state index in [2.05, 4.69) is 35.6 Å². The fourth-order valence-corrected chi connectivity index (χ4v) is 1.97. The Balaban J connectivity index is 2.32. The molecule has 0 bridgehead atoms. The minimum Gasteiger partial charge on any atom is -0.311 e. The fourth-order valence-electron chi connectivity index (χ4n) is 1.71. The molecule has 5 heteroatoms. The highest BCUT2D eigenvalue weighted by Crippen LogP contribution is 2.20. The van der Waals surface area contributed by atoms with E-state index in [1.54, 1.807) is 6.20 Å². The van der Waals surface area contributed by atoms with Gasteiger partial charge in [-0.1, -0.05) is 11.3 Å². The number of halogens is 1. The average molecular weight is 227 g/mol.